The molecule has 7 heteroatoms. The van der Waals surface area contributed by atoms with Crippen molar-refractivity contribution < 1.29 is 9.53 Å². The molecule has 1 aliphatic carbocycles. The lowest BCUT2D eigenvalue weighted by Gasteiger charge is -2.12. The van der Waals surface area contributed by atoms with Crippen molar-refractivity contribution in [1.82, 2.24) is 19.9 Å². The van der Waals surface area contributed by atoms with Crippen molar-refractivity contribution in [2.75, 3.05) is 18.9 Å². The molecule has 2 aromatic rings. The number of rotatable bonds is 8. The number of aryl methyl sites for hydroxylation is 3. The maximum atomic E-state index is 11.8. The molecule has 0 unspecified atom stereocenters. The first-order chi connectivity index (χ1) is 12.0. The van der Waals surface area contributed by atoms with Gasteiger partial charge >= 0.3 is 0 Å². The van der Waals surface area contributed by atoms with Gasteiger partial charge in [-0.15, -0.1) is 0 Å². The van der Waals surface area contributed by atoms with Gasteiger partial charge in [0, 0.05) is 31.3 Å². The average Bonchev–Trinajstić information content (AvgIpc) is 3.37. The van der Waals surface area contributed by atoms with E-state index in [0.29, 0.717) is 25.6 Å². The molecule has 0 spiro atoms. The molecule has 0 radical (unpaired) electrons. The van der Waals surface area contributed by atoms with Crippen LogP contribution in [0.1, 0.15) is 43.3 Å². The van der Waals surface area contributed by atoms with Gasteiger partial charge in [0.2, 0.25) is 5.91 Å². The van der Waals surface area contributed by atoms with Crippen LogP contribution in [0.3, 0.4) is 0 Å². The SMILES string of the molecule is CCOCc1nc2c(N)nc(C)c(C)c2n1CCCNC(=O)C1CC1. The second-order valence-electron chi connectivity index (χ2n) is 6.64. The van der Waals surface area contributed by atoms with Crippen molar-refractivity contribution in [3.8, 4) is 0 Å². The molecule has 3 rings (SSSR count). The number of nitrogens with one attached hydrogen (secondary N) is 1. The minimum atomic E-state index is 0.186. The highest BCUT2D eigenvalue weighted by Gasteiger charge is 2.29. The number of aromatic nitrogens is 3. The van der Waals surface area contributed by atoms with Gasteiger partial charge in [-0.3, -0.25) is 4.79 Å². The van der Waals surface area contributed by atoms with E-state index in [1.54, 1.807) is 0 Å². The number of imidazole rings is 1. The lowest BCUT2D eigenvalue weighted by atomic mass is 10.2. The third-order valence-electron chi connectivity index (χ3n) is 4.72. The largest absolute Gasteiger partial charge is 0.382 e. The quantitative estimate of drug-likeness (QED) is 0.714. The molecule has 1 aliphatic rings. The first-order valence-electron chi connectivity index (χ1n) is 9.00. The highest BCUT2D eigenvalue weighted by atomic mass is 16.5. The Morgan fingerprint density at radius 1 is 1.36 bits per heavy atom. The van der Waals surface area contributed by atoms with Gasteiger partial charge in [0.15, 0.2) is 5.82 Å². The van der Waals surface area contributed by atoms with E-state index >= 15 is 0 Å². The van der Waals surface area contributed by atoms with Gasteiger partial charge in [0.1, 0.15) is 17.9 Å². The molecule has 1 amide bonds. The summed E-state index contributed by atoms with van der Waals surface area (Å²) in [5.74, 6) is 1.74. The molecule has 0 bridgehead atoms. The first-order valence-corrected chi connectivity index (χ1v) is 9.00. The summed E-state index contributed by atoms with van der Waals surface area (Å²) in [5.41, 5.74) is 9.84. The standard InChI is InChI=1S/C18H27N5O2/c1-4-25-10-14-22-15-16(11(2)12(3)21-17(15)19)23(14)9-5-8-20-18(24)13-6-7-13/h13H,4-10H2,1-3H3,(H2,19,21)(H,20,24). The van der Waals surface area contributed by atoms with Gasteiger partial charge in [-0.05, 0) is 45.6 Å². The predicted octanol–water partition coefficient (Wildman–Crippen LogP) is 2.08. The molecule has 136 valence electrons. The zero-order valence-corrected chi connectivity index (χ0v) is 15.3. The van der Waals surface area contributed by atoms with Crippen LogP contribution in [0.25, 0.3) is 11.0 Å². The summed E-state index contributed by atoms with van der Waals surface area (Å²) in [5, 5.41) is 3.01. The summed E-state index contributed by atoms with van der Waals surface area (Å²) < 4.78 is 7.73. The summed E-state index contributed by atoms with van der Waals surface area (Å²) >= 11 is 0. The van der Waals surface area contributed by atoms with Crippen LogP contribution in [0.4, 0.5) is 5.82 Å². The Hall–Kier alpha value is -2.15. The van der Waals surface area contributed by atoms with E-state index in [-0.39, 0.29) is 11.8 Å². The summed E-state index contributed by atoms with van der Waals surface area (Å²) in [6, 6.07) is 0. The van der Waals surface area contributed by atoms with Crippen LogP contribution in [0.2, 0.25) is 0 Å². The number of amides is 1. The third kappa shape index (κ3) is 3.76. The number of carbonyl (C=O) groups excluding carboxylic acids is 1. The summed E-state index contributed by atoms with van der Waals surface area (Å²) in [6.07, 6.45) is 2.90. The molecule has 0 aromatic carbocycles. The number of fused-ring (bicyclic) bond motifs is 1. The van der Waals surface area contributed by atoms with Crippen LogP contribution in [-0.4, -0.2) is 33.6 Å². The second-order valence-corrected chi connectivity index (χ2v) is 6.64. The van der Waals surface area contributed by atoms with E-state index in [0.717, 1.165) is 53.9 Å². The smallest absolute Gasteiger partial charge is 0.223 e. The van der Waals surface area contributed by atoms with Crippen molar-refractivity contribution in [1.29, 1.82) is 0 Å². The molecule has 1 fully saturated rings. The number of carbonyl (C=O) groups is 1. The van der Waals surface area contributed by atoms with E-state index in [2.05, 4.69) is 19.9 Å². The Bertz CT molecular complexity index is 780. The number of hydrogen-bond acceptors (Lipinski definition) is 5. The van der Waals surface area contributed by atoms with Crippen LogP contribution in [0.5, 0.6) is 0 Å². The molecule has 0 saturated heterocycles. The van der Waals surface area contributed by atoms with Crippen LogP contribution in [-0.2, 0) is 22.7 Å². The molecule has 0 atom stereocenters. The number of nitrogens with zero attached hydrogens (tertiary/aromatic N) is 3. The number of hydrogen-bond donors (Lipinski definition) is 2. The van der Waals surface area contributed by atoms with Crippen molar-refractivity contribution in [3.05, 3.63) is 17.1 Å². The van der Waals surface area contributed by atoms with Gasteiger partial charge < -0.3 is 20.4 Å². The van der Waals surface area contributed by atoms with Crippen LogP contribution in [0.15, 0.2) is 0 Å². The predicted molar refractivity (Wildman–Crippen MR) is 97.1 cm³/mol. The summed E-state index contributed by atoms with van der Waals surface area (Å²) in [6.45, 7) is 8.47. The topological polar surface area (TPSA) is 95.1 Å². The number of pyridine rings is 1. The molecule has 3 N–H and O–H groups in total. The summed E-state index contributed by atoms with van der Waals surface area (Å²) in [7, 11) is 0. The highest BCUT2D eigenvalue weighted by molar-refractivity contribution is 5.88. The fourth-order valence-corrected chi connectivity index (χ4v) is 3.03. The molecule has 2 aromatic heterocycles. The molecule has 2 heterocycles. The maximum Gasteiger partial charge on any atom is 0.223 e. The third-order valence-corrected chi connectivity index (χ3v) is 4.72. The molecular weight excluding hydrogens is 318 g/mol. The van der Waals surface area contributed by atoms with Crippen molar-refractivity contribution in [3.63, 3.8) is 0 Å². The monoisotopic (exact) mass is 345 g/mol. The van der Waals surface area contributed by atoms with E-state index in [9.17, 15) is 4.79 Å². The molecule has 0 aliphatic heterocycles. The molecule has 7 nitrogen and oxygen atoms in total. The zero-order chi connectivity index (χ0) is 18.0. The van der Waals surface area contributed by atoms with Gasteiger partial charge in [-0.25, -0.2) is 9.97 Å². The van der Waals surface area contributed by atoms with Gasteiger partial charge in [0.25, 0.3) is 0 Å². The number of nitrogen functional groups attached to an aromatic ring is 1. The zero-order valence-electron chi connectivity index (χ0n) is 15.3. The summed E-state index contributed by atoms with van der Waals surface area (Å²) in [4.78, 5) is 20.8. The highest BCUT2D eigenvalue weighted by Crippen LogP contribution is 2.29. The lowest BCUT2D eigenvalue weighted by molar-refractivity contribution is -0.122. The van der Waals surface area contributed by atoms with Crippen LogP contribution in [0, 0.1) is 19.8 Å². The van der Waals surface area contributed by atoms with Gasteiger partial charge in [-0.2, -0.15) is 0 Å². The number of ether oxygens (including phenoxy) is 1. The van der Waals surface area contributed by atoms with Gasteiger partial charge in [0.05, 0.1) is 5.52 Å². The Labute approximate surface area is 148 Å². The van der Waals surface area contributed by atoms with Crippen LogP contribution < -0.4 is 11.1 Å². The van der Waals surface area contributed by atoms with E-state index < -0.39 is 0 Å². The molecular formula is C18H27N5O2. The molecule has 25 heavy (non-hydrogen) atoms. The minimum absolute atomic E-state index is 0.186. The number of nitrogens with two attached hydrogens (primary N) is 1. The van der Waals surface area contributed by atoms with Crippen molar-refractivity contribution in [2.45, 2.75) is 53.2 Å². The minimum Gasteiger partial charge on any atom is -0.382 e. The maximum absolute atomic E-state index is 11.8. The van der Waals surface area contributed by atoms with Gasteiger partial charge in [-0.1, -0.05) is 0 Å². The van der Waals surface area contributed by atoms with E-state index in [4.69, 9.17) is 10.5 Å². The van der Waals surface area contributed by atoms with E-state index in [1.807, 2.05) is 20.8 Å². The second kappa shape index (κ2) is 7.39. The average molecular weight is 345 g/mol. The Balaban J connectivity index is 1.81. The van der Waals surface area contributed by atoms with Crippen molar-refractivity contribution in [2.24, 2.45) is 5.92 Å². The Kier molecular flexibility index (Phi) is 5.22. The van der Waals surface area contributed by atoms with E-state index in [1.165, 1.54) is 0 Å². The fraction of sp³-hybridized carbons (Fsp3) is 0.611. The van der Waals surface area contributed by atoms with Crippen molar-refractivity contribution >= 4 is 22.8 Å². The fourth-order valence-electron chi connectivity index (χ4n) is 3.03. The molecule has 1 saturated carbocycles. The normalized spacial score (nSPS) is 14.2. The van der Waals surface area contributed by atoms with Crippen LogP contribution >= 0.6 is 0 Å². The lowest BCUT2D eigenvalue weighted by Crippen LogP contribution is -2.26. The Morgan fingerprint density at radius 2 is 2.12 bits per heavy atom. The Morgan fingerprint density at radius 3 is 2.80 bits per heavy atom. The first kappa shape index (κ1) is 17.7. The number of anilines is 1.